The lowest BCUT2D eigenvalue weighted by Gasteiger charge is -2.26. The van der Waals surface area contributed by atoms with Gasteiger partial charge in [-0.2, -0.15) is 0 Å². The molecule has 2 aromatic carbocycles. The molecule has 4 rings (SSSR count). The van der Waals surface area contributed by atoms with E-state index in [1.165, 1.54) is 0 Å². The Labute approximate surface area is 205 Å². The summed E-state index contributed by atoms with van der Waals surface area (Å²) in [6.45, 7) is 4.08. The van der Waals surface area contributed by atoms with Crippen LogP contribution in [0.25, 0.3) is 11.1 Å². The van der Waals surface area contributed by atoms with E-state index in [-0.39, 0.29) is 36.8 Å². The second-order valence-electron chi connectivity index (χ2n) is 9.63. The van der Waals surface area contributed by atoms with Crippen LogP contribution in [-0.4, -0.2) is 41.8 Å². The van der Waals surface area contributed by atoms with Gasteiger partial charge in [0, 0.05) is 24.4 Å². The van der Waals surface area contributed by atoms with Crippen molar-refractivity contribution in [1.29, 1.82) is 0 Å². The maximum atomic E-state index is 12.7. The van der Waals surface area contributed by atoms with Gasteiger partial charge in [0.1, 0.15) is 6.61 Å². The first-order chi connectivity index (χ1) is 16.8. The number of ether oxygens (including phenoxy) is 1. The topological polar surface area (TPSA) is 105 Å². The van der Waals surface area contributed by atoms with Crippen LogP contribution < -0.4 is 10.6 Å². The predicted octanol–water partition coefficient (Wildman–Crippen LogP) is 4.48. The minimum atomic E-state index is -0.856. The van der Waals surface area contributed by atoms with Crippen molar-refractivity contribution in [1.82, 2.24) is 10.6 Å². The molecule has 0 aromatic heterocycles. The van der Waals surface area contributed by atoms with Crippen molar-refractivity contribution >= 4 is 18.0 Å². The smallest absolute Gasteiger partial charge is 0.407 e. The minimum Gasteiger partial charge on any atom is -0.481 e. The first-order valence-electron chi connectivity index (χ1n) is 12.1. The van der Waals surface area contributed by atoms with Crippen LogP contribution in [0.2, 0.25) is 0 Å². The number of carbonyl (C=O) groups is 3. The Morgan fingerprint density at radius 2 is 1.66 bits per heavy atom. The quantitative estimate of drug-likeness (QED) is 0.488. The zero-order valence-electron chi connectivity index (χ0n) is 20.1. The van der Waals surface area contributed by atoms with E-state index in [0.29, 0.717) is 12.8 Å². The second-order valence-corrected chi connectivity index (χ2v) is 9.63. The summed E-state index contributed by atoms with van der Waals surface area (Å²) in [6, 6.07) is 15.6. The van der Waals surface area contributed by atoms with Crippen LogP contribution in [0, 0.1) is 11.8 Å². The lowest BCUT2D eigenvalue weighted by Crippen LogP contribution is -2.45. The molecular formula is C28H32N2O5. The van der Waals surface area contributed by atoms with Crippen molar-refractivity contribution in [3.8, 4) is 11.1 Å². The molecule has 0 unspecified atom stereocenters. The van der Waals surface area contributed by atoms with E-state index >= 15 is 0 Å². The summed E-state index contributed by atoms with van der Waals surface area (Å²) in [5, 5.41) is 15.0. The molecule has 0 aliphatic heterocycles. The number of hydrogen-bond acceptors (Lipinski definition) is 4. The van der Waals surface area contributed by atoms with Crippen LogP contribution in [0.4, 0.5) is 4.79 Å². The molecule has 0 bridgehead atoms. The van der Waals surface area contributed by atoms with Crippen molar-refractivity contribution < 1.29 is 24.2 Å². The lowest BCUT2D eigenvalue weighted by molar-refractivity contribution is -0.142. The first-order valence-corrected chi connectivity index (χ1v) is 12.1. The molecule has 0 saturated carbocycles. The van der Waals surface area contributed by atoms with E-state index in [9.17, 15) is 19.5 Å². The minimum absolute atomic E-state index is 0.00917. The van der Waals surface area contributed by atoms with Gasteiger partial charge in [-0.05, 0) is 41.0 Å². The molecule has 7 nitrogen and oxygen atoms in total. The number of alkyl carbamates (subject to hydrolysis) is 1. The number of nitrogens with one attached hydrogen (secondary N) is 2. The SMILES string of the molecule is CC(C)[C@@H](CC(=O)N[C@@H]1C=CC[C@@H](C(=O)O)C1)NC(=O)OCC1c2ccccc2-c2ccccc21. The zero-order chi connectivity index (χ0) is 24.9. The molecule has 0 spiro atoms. The van der Waals surface area contributed by atoms with Gasteiger partial charge in [-0.1, -0.05) is 74.5 Å². The number of hydrogen-bond donors (Lipinski definition) is 3. The highest BCUT2D eigenvalue weighted by Gasteiger charge is 2.30. The number of fused-ring (bicyclic) bond motifs is 3. The summed E-state index contributed by atoms with van der Waals surface area (Å²) in [4.78, 5) is 36.6. The van der Waals surface area contributed by atoms with Gasteiger partial charge in [0.05, 0.1) is 5.92 Å². The van der Waals surface area contributed by atoms with Crippen LogP contribution in [0.3, 0.4) is 0 Å². The molecule has 2 amide bonds. The molecule has 2 aliphatic carbocycles. The third kappa shape index (κ3) is 5.73. The molecule has 2 aliphatic rings. The Bertz CT molecular complexity index is 1080. The van der Waals surface area contributed by atoms with Gasteiger partial charge >= 0.3 is 12.1 Å². The Balaban J connectivity index is 1.33. The monoisotopic (exact) mass is 476 g/mol. The van der Waals surface area contributed by atoms with Crippen molar-refractivity contribution in [3.63, 3.8) is 0 Å². The molecule has 0 radical (unpaired) electrons. The molecule has 184 valence electrons. The lowest BCUT2D eigenvalue weighted by atomic mass is 9.91. The number of benzene rings is 2. The number of carboxylic acid groups (broad SMARTS) is 1. The molecule has 0 heterocycles. The van der Waals surface area contributed by atoms with Crippen LogP contribution in [0.5, 0.6) is 0 Å². The molecule has 0 fully saturated rings. The molecular weight excluding hydrogens is 444 g/mol. The maximum absolute atomic E-state index is 12.7. The Morgan fingerprint density at radius 3 is 2.26 bits per heavy atom. The number of allylic oxidation sites excluding steroid dienone is 1. The molecule has 7 heteroatoms. The average molecular weight is 477 g/mol. The molecule has 0 saturated heterocycles. The third-order valence-electron chi connectivity index (χ3n) is 6.88. The fourth-order valence-electron chi connectivity index (χ4n) is 4.91. The molecule has 3 N–H and O–H groups in total. The van der Waals surface area contributed by atoms with Crippen molar-refractivity contribution in [2.75, 3.05) is 6.61 Å². The summed E-state index contributed by atoms with van der Waals surface area (Å²) < 4.78 is 5.63. The standard InChI is InChI=1S/C28H32N2O5/c1-17(2)25(15-26(31)29-19-9-7-8-18(14-19)27(32)33)30-28(34)35-16-24-22-12-5-3-10-20(22)21-11-4-6-13-23(21)24/h3-7,9-13,17-19,24-25H,8,14-16H2,1-2H3,(H,29,31)(H,30,34)(H,32,33)/t18-,19-,25-/m1/s1. The van der Waals surface area contributed by atoms with E-state index in [2.05, 4.69) is 34.9 Å². The molecule has 3 atom stereocenters. The maximum Gasteiger partial charge on any atom is 0.407 e. The van der Waals surface area contributed by atoms with Gasteiger partial charge in [-0.15, -0.1) is 0 Å². The van der Waals surface area contributed by atoms with Crippen LogP contribution in [0.15, 0.2) is 60.7 Å². The fraction of sp³-hybridized carbons (Fsp3) is 0.393. The van der Waals surface area contributed by atoms with Gasteiger partial charge in [-0.3, -0.25) is 9.59 Å². The predicted molar refractivity (Wildman–Crippen MR) is 133 cm³/mol. The van der Waals surface area contributed by atoms with Gasteiger partial charge in [0.15, 0.2) is 0 Å². The zero-order valence-corrected chi connectivity index (χ0v) is 20.1. The van der Waals surface area contributed by atoms with Crippen molar-refractivity contribution in [2.24, 2.45) is 11.8 Å². The summed E-state index contributed by atoms with van der Waals surface area (Å²) in [7, 11) is 0. The van der Waals surface area contributed by atoms with E-state index in [4.69, 9.17) is 4.74 Å². The first kappa shape index (κ1) is 24.5. The van der Waals surface area contributed by atoms with Crippen LogP contribution >= 0.6 is 0 Å². The van der Waals surface area contributed by atoms with Gasteiger partial charge in [-0.25, -0.2) is 4.79 Å². The Kier molecular flexibility index (Phi) is 7.54. The Morgan fingerprint density at radius 1 is 1.03 bits per heavy atom. The average Bonchev–Trinajstić information content (AvgIpc) is 3.16. The van der Waals surface area contributed by atoms with E-state index in [0.717, 1.165) is 22.3 Å². The largest absolute Gasteiger partial charge is 0.481 e. The van der Waals surface area contributed by atoms with Gasteiger partial charge in [0.2, 0.25) is 5.91 Å². The molecule has 2 aromatic rings. The summed E-state index contributed by atoms with van der Waals surface area (Å²) in [5.41, 5.74) is 4.61. The summed E-state index contributed by atoms with van der Waals surface area (Å²) in [6.07, 6.45) is 4.00. The van der Waals surface area contributed by atoms with Crippen molar-refractivity contribution in [2.45, 2.75) is 51.1 Å². The number of rotatable bonds is 8. The number of carboxylic acids is 1. The van der Waals surface area contributed by atoms with E-state index in [1.54, 1.807) is 6.08 Å². The number of carbonyl (C=O) groups excluding carboxylic acids is 2. The summed E-state index contributed by atoms with van der Waals surface area (Å²) in [5.74, 6) is -1.61. The van der Waals surface area contributed by atoms with E-state index < -0.39 is 24.0 Å². The normalized spacial score (nSPS) is 19.5. The van der Waals surface area contributed by atoms with Crippen LogP contribution in [-0.2, 0) is 14.3 Å². The highest BCUT2D eigenvalue weighted by atomic mass is 16.5. The number of aliphatic carboxylic acids is 1. The van der Waals surface area contributed by atoms with Crippen molar-refractivity contribution in [3.05, 3.63) is 71.8 Å². The number of amides is 2. The van der Waals surface area contributed by atoms with Gasteiger partial charge in [0.25, 0.3) is 0 Å². The van der Waals surface area contributed by atoms with Gasteiger partial charge < -0.3 is 20.5 Å². The Hall–Kier alpha value is -3.61. The molecule has 35 heavy (non-hydrogen) atoms. The van der Waals surface area contributed by atoms with Crippen LogP contribution in [0.1, 0.15) is 50.2 Å². The highest BCUT2D eigenvalue weighted by molar-refractivity contribution is 5.80. The van der Waals surface area contributed by atoms with E-state index in [1.807, 2.05) is 44.2 Å². The highest BCUT2D eigenvalue weighted by Crippen LogP contribution is 2.44. The fourth-order valence-corrected chi connectivity index (χ4v) is 4.91. The summed E-state index contributed by atoms with van der Waals surface area (Å²) >= 11 is 0. The second kappa shape index (κ2) is 10.8. The third-order valence-corrected chi connectivity index (χ3v) is 6.88.